The van der Waals surface area contributed by atoms with E-state index in [1.807, 2.05) is 23.9 Å². The van der Waals surface area contributed by atoms with Gasteiger partial charge in [-0.2, -0.15) is 0 Å². The van der Waals surface area contributed by atoms with Gasteiger partial charge in [-0.25, -0.2) is 0 Å². The van der Waals surface area contributed by atoms with Crippen molar-refractivity contribution in [2.24, 2.45) is 0 Å². The van der Waals surface area contributed by atoms with Crippen molar-refractivity contribution in [1.82, 2.24) is 0 Å². The summed E-state index contributed by atoms with van der Waals surface area (Å²) in [5, 5.41) is 0. The van der Waals surface area contributed by atoms with Crippen LogP contribution in [-0.2, 0) is 4.74 Å². The first-order valence-corrected chi connectivity index (χ1v) is 7.76. The van der Waals surface area contributed by atoms with Gasteiger partial charge in [-0.1, -0.05) is 48.4 Å². The number of hydrogen-bond donors (Lipinski definition) is 0. The quantitative estimate of drug-likeness (QED) is 0.762. The van der Waals surface area contributed by atoms with Crippen LogP contribution in [0.3, 0.4) is 0 Å². The summed E-state index contributed by atoms with van der Waals surface area (Å²) < 4.78 is 6.02. The molecule has 1 nitrogen and oxygen atoms in total. The first-order chi connectivity index (χ1) is 9.86. The maximum atomic E-state index is 6.02. The van der Waals surface area contributed by atoms with Crippen LogP contribution in [0.15, 0.2) is 54.6 Å². The molecule has 1 fully saturated rings. The van der Waals surface area contributed by atoms with Crippen molar-refractivity contribution in [2.75, 3.05) is 12.4 Å². The zero-order valence-electron chi connectivity index (χ0n) is 11.2. The second-order valence-electron chi connectivity index (χ2n) is 4.87. The highest BCUT2D eigenvalue weighted by molar-refractivity contribution is 7.99. The van der Waals surface area contributed by atoms with Gasteiger partial charge >= 0.3 is 0 Å². The third-order valence-electron chi connectivity index (χ3n) is 3.52. The molecule has 2 atom stereocenters. The molecule has 100 valence electrons. The summed E-state index contributed by atoms with van der Waals surface area (Å²) in [5.41, 5.74) is 3.60. The number of rotatable bonds is 2. The average molecular weight is 280 g/mol. The minimum Gasteiger partial charge on any atom is -0.362 e. The zero-order valence-corrected chi connectivity index (χ0v) is 12.0. The van der Waals surface area contributed by atoms with Gasteiger partial charge in [-0.3, -0.25) is 0 Å². The molecule has 2 unspecified atom stereocenters. The van der Waals surface area contributed by atoms with Crippen molar-refractivity contribution in [2.45, 2.75) is 11.4 Å². The Labute approximate surface area is 124 Å². The lowest BCUT2D eigenvalue weighted by atomic mass is 10.0. The molecule has 2 heteroatoms. The highest BCUT2D eigenvalue weighted by Crippen LogP contribution is 2.39. The molecular weight excluding hydrogens is 264 g/mol. The lowest BCUT2D eigenvalue weighted by Gasteiger charge is -2.29. The topological polar surface area (TPSA) is 9.23 Å². The minimum absolute atomic E-state index is 0.127. The molecule has 2 aromatic rings. The van der Waals surface area contributed by atoms with Gasteiger partial charge < -0.3 is 4.74 Å². The summed E-state index contributed by atoms with van der Waals surface area (Å²) in [6, 6.07) is 18.7. The monoisotopic (exact) mass is 280 g/mol. The Bertz CT molecular complexity index is 590. The fraction of sp³-hybridized carbons (Fsp3) is 0.222. The molecule has 0 saturated carbocycles. The highest BCUT2D eigenvalue weighted by Gasteiger charge is 2.24. The van der Waals surface area contributed by atoms with Gasteiger partial charge in [0.2, 0.25) is 0 Å². The van der Waals surface area contributed by atoms with E-state index in [2.05, 4.69) is 48.4 Å². The number of hydrogen-bond acceptors (Lipinski definition) is 2. The molecule has 1 heterocycles. The molecule has 0 N–H and O–H groups in total. The van der Waals surface area contributed by atoms with Gasteiger partial charge in [0, 0.05) is 17.2 Å². The van der Waals surface area contributed by atoms with Crippen LogP contribution >= 0.6 is 11.8 Å². The predicted octanol–water partition coefficient (Wildman–Crippen LogP) is 4.21. The average Bonchev–Trinajstić information content (AvgIpc) is 2.56. The van der Waals surface area contributed by atoms with Crippen LogP contribution < -0.4 is 0 Å². The lowest BCUT2D eigenvalue weighted by molar-refractivity contribution is 0.0949. The van der Waals surface area contributed by atoms with Gasteiger partial charge in [0.05, 0.1) is 6.61 Å². The lowest BCUT2D eigenvalue weighted by Crippen LogP contribution is -2.19. The number of ether oxygens (including phenoxy) is 1. The van der Waals surface area contributed by atoms with Crippen LogP contribution in [0.1, 0.15) is 28.0 Å². The van der Waals surface area contributed by atoms with Crippen molar-refractivity contribution < 1.29 is 4.74 Å². The summed E-state index contributed by atoms with van der Waals surface area (Å²) in [5.74, 6) is 4.22. The van der Waals surface area contributed by atoms with Crippen molar-refractivity contribution >= 4 is 11.8 Å². The molecule has 1 saturated heterocycles. The van der Waals surface area contributed by atoms with E-state index in [0.29, 0.717) is 5.92 Å². The maximum absolute atomic E-state index is 6.02. The molecule has 20 heavy (non-hydrogen) atoms. The van der Waals surface area contributed by atoms with Gasteiger partial charge in [0.25, 0.3) is 0 Å². The Hall–Kier alpha value is -1.69. The fourth-order valence-electron chi connectivity index (χ4n) is 2.35. The molecule has 0 aliphatic carbocycles. The predicted molar refractivity (Wildman–Crippen MR) is 84.7 cm³/mol. The number of benzene rings is 2. The van der Waals surface area contributed by atoms with E-state index >= 15 is 0 Å². The maximum Gasteiger partial charge on any atom is 0.128 e. The Morgan fingerprint density at radius 2 is 1.75 bits per heavy atom. The second kappa shape index (κ2) is 6.17. The van der Waals surface area contributed by atoms with Crippen LogP contribution in [0.5, 0.6) is 0 Å². The Kier molecular flexibility index (Phi) is 4.11. The molecule has 3 rings (SSSR count). The molecule has 0 aromatic heterocycles. The normalized spacial score (nSPS) is 22.1. The van der Waals surface area contributed by atoms with Gasteiger partial charge in [-0.05, 0) is 23.3 Å². The summed E-state index contributed by atoms with van der Waals surface area (Å²) in [6.45, 7) is 0.776. The van der Waals surface area contributed by atoms with E-state index in [1.165, 1.54) is 11.1 Å². The second-order valence-corrected chi connectivity index (χ2v) is 5.97. The Balaban J connectivity index is 1.65. The van der Waals surface area contributed by atoms with Gasteiger partial charge in [0.15, 0.2) is 0 Å². The smallest absolute Gasteiger partial charge is 0.128 e. The number of thioether (sulfide) groups is 1. The van der Waals surface area contributed by atoms with Crippen LogP contribution in [-0.4, -0.2) is 12.4 Å². The van der Waals surface area contributed by atoms with Gasteiger partial charge in [-0.15, -0.1) is 18.2 Å². The SMILES string of the molecule is C#Cc1ccc(C2OCC(c3ccccc3)CS2)cc1. The zero-order chi connectivity index (χ0) is 13.8. The number of terminal acetylenes is 1. The van der Waals surface area contributed by atoms with E-state index in [-0.39, 0.29) is 5.44 Å². The first kappa shape index (κ1) is 13.3. The third kappa shape index (κ3) is 2.90. The molecule has 0 bridgehead atoms. The standard InChI is InChI=1S/C18H16OS/c1-2-14-8-10-16(11-9-14)18-19-12-17(13-20-18)15-6-4-3-5-7-15/h1,3-11,17-18H,12-13H2. The van der Waals surface area contributed by atoms with Crippen LogP contribution in [0.25, 0.3) is 0 Å². The molecule has 0 amide bonds. The van der Waals surface area contributed by atoms with Gasteiger partial charge in [0.1, 0.15) is 5.44 Å². The van der Waals surface area contributed by atoms with Crippen LogP contribution in [0.4, 0.5) is 0 Å². The van der Waals surface area contributed by atoms with Crippen molar-refractivity contribution in [3.8, 4) is 12.3 Å². The third-order valence-corrected chi connectivity index (χ3v) is 4.82. The molecule has 1 aliphatic rings. The van der Waals surface area contributed by atoms with Crippen LogP contribution in [0, 0.1) is 12.3 Å². The summed E-state index contributed by atoms with van der Waals surface area (Å²) in [6.07, 6.45) is 5.37. The molecule has 1 aliphatic heterocycles. The van der Waals surface area contributed by atoms with E-state index in [9.17, 15) is 0 Å². The molecule has 2 aromatic carbocycles. The van der Waals surface area contributed by atoms with E-state index in [1.54, 1.807) is 0 Å². The summed E-state index contributed by atoms with van der Waals surface area (Å²) >= 11 is 1.86. The minimum atomic E-state index is 0.127. The van der Waals surface area contributed by atoms with Crippen molar-refractivity contribution in [3.05, 3.63) is 71.3 Å². The largest absolute Gasteiger partial charge is 0.362 e. The Morgan fingerprint density at radius 3 is 2.35 bits per heavy atom. The van der Waals surface area contributed by atoms with Crippen LogP contribution in [0.2, 0.25) is 0 Å². The summed E-state index contributed by atoms with van der Waals surface area (Å²) in [7, 11) is 0. The first-order valence-electron chi connectivity index (χ1n) is 6.71. The van der Waals surface area contributed by atoms with E-state index in [4.69, 9.17) is 11.2 Å². The highest BCUT2D eigenvalue weighted by atomic mass is 32.2. The molecular formula is C18H16OS. The molecule has 0 radical (unpaired) electrons. The van der Waals surface area contributed by atoms with E-state index in [0.717, 1.165) is 17.9 Å². The van der Waals surface area contributed by atoms with Crippen molar-refractivity contribution in [3.63, 3.8) is 0 Å². The summed E-state index contributed by atoms with van der Waals surface area (Å²) in [4.78, 5) is 0. The fourth-order valence-corrected chi connectivity index (χ4v) is 3.57. The molecule has 0 spiro atoms. The Morgan fingerprint density at radius 1 is 1.00 bits per heavy atom. The van der Waals surface area contributed by atoms with E-state index < -0.39 is 0 Å². The van der Waals surface area contributed by atoms with Crippen molar-refractivity contribution in [1.29, 1.82) is 0 Å².